The highest BCUT2D eigenvalue weighted by atomic mass is 16.5. The summed E-state index contributed by atoms with van der Waals surface area (Å²) in [5, 5.41) is 23.9. The molecule has 2 amide bonds. The molecule has 0 radical (unpaired) electrons. The third-order valence-corrected chi connectivity index (χ3v) is 5.20. The number of aromatic nitrogens is 2. The van der Waals surface area contributed by atoms with Gasteiger partial charge in [-0.1, -0.05) is 42.5 Å². The highest BCUT2D eigenvalue weighted by Gasteiger charge is 2.27. The number of phenolic OH excluding ortho intramolecular Hbond substituents is 1. The Hall–Kier alpha value is -4.99. The molecule has 1 heterocycles. The van der Waals surface area contributed by atoms with Crippen molar-refractivity contribution in [2.45, 2.75) is 6.04 Å². The van der Waals surface area contributed by atoms with Gasteiger partial charge in [0.25, 0.3) is 17.4 Å². The van der Waals surface area contributed by atoms with E-state index in [1.807, 2.05) is 0 Å². The summed E-state index contributed by atoms with van der Waals surface area (Å²) in [6, 6.07) is 18.5. The molecule has 0 saturated carbocycles. The molecule has 0 saturated heterocycles. The van der Waals surface area contributed by atoms with Crippen molar-refractivity contribution >= 4 is 28.8 Å². The van der Waals surface area contributed by atoms with E-state index in [0.29, 0.717) is 21.9 Å². The van der Waals surface area contributed by atoms with Gasteiger partial charge in [0.1, 0.15) is 5.69 Å². The van der Waals surface area contributed by atoms with Crippen molar-refractivity contribution in [3.8, 4) is 11.5 Å². The van der Waals surface area contributed by atoms with Gasteiger partial charge >= 0.3 is 0 Å². The van der Waals surface area contributed by atoms with E-state index in [1.165, 1.54) is 13.3 Å². The zero-order valence-corrected chi connectivity index (χ0v) is 18.6. The van der Waals surface area contributed by atoms with Crippen LogP contribution in [0.5, 0.6) is 11.5 Å². The topological polar surface area (TPSA) is 146 Å². The lowest BCUT2D eigenvalue weighted by atomic mass is 10.0. The Morgan fingerprint density at radius 2 is 1.74 bits per heavy atom. The molecule has 0 spiro atoms. The van der Waals surface area contributed by atoms with Gasteiger partial charge in [-0.05, 0) is 30.3 Å². The summed E-state index contributed by atoms with van der Waals surface area (Å²) in [7, 11) is 1.42. The first-order valence-corrected chi connectivity index (χ1v) is 10.5. The number of phenols is 1. The molecule has 0 aliphatic heterocycles. The molecule has 4 aromatic rings. The maximum absolute atomic E-state index is 13.2. The second-order valence-electron chi connectivity index (χ2n) is 7.39. The number of methoxy groups -OCH3 is 1. The van der Waals surface area contributed by atoms with Gasteiger partial charge in [-0.2, -0.15) is 10.2 Å². The standard InChI is InChI=1S/C25H21N5O5/c1-35-19-13-7-10-16(22(19)31)14-26-29-25(34)21(27-23(32)15-8-3-2-4-9-15)20-17-11-5-6-12-18(17)24(33)30-28-20/h2-14,21,31H,1H3,(H,27,32)(H,29,34)(H,30,33). The number of fused-ring (bicyclic) bond motifs is 1. The molecular weight excluding hydrogens is 450 g/mol. The minimum absolute atomic E-state index is 0.140. The number of para-hydroxylation sites is 1. The summed E-state index contributed by atoms with van der Waals surface area (Å²) in [6.45, 7) is 0. The van der Waals surface area contributed by atoms with Crippen LogP contribution in [0.3, 0.4) is 0 Å². The average Bonchev–Trinajstić information content (AvgIpc) is 2.89. The predicted molar refractivity (Wildman–Crippen MR) is 129 cm³/mol. The number of carbonyl (C=O) groups is 2. The summed E-state index contributed by atoms with van der Waals surface area (Å²) in [4.78, 5) is 38.3. The van der Waals surface area contributed by atoms with E-state index in [1.54, 1.807) is 72.8 Å². The van der Waals surface area contributed by atoms with Crippen molar-refractivity contribution in [1.82, 2.24) is 20.9 Å². The highest BCUT2D eigenvalue weighted by Crippen LogP contribution is 2.28. The first kappa shape index (κ1) is 23.2. The second kappa shape index (κ2) is 10.3. The third kappa shape index (κ3) is 5.01. The summed E-state index contributed by atoms with van der Waals surface area (Å²) < 4.78 is 5.06. The molecule has 0 aliphatic carbocycles. The van der Waals surface area contributed by atoms with E-state index in [4.69, 9.17) is 4.74 Å². The smallest absolute Gasteiger partial charge is 0.272 e. The van der Waals surface area contributed by atoms with Crippen LogP contribution in [0.25, 0.3) is 10.8 Å². The first-order chi connectivity index (χ1) is 17.0. The van der Waals surface area contributed by atoms with Crippen molar-refractivity contribution in [3.05, 3.63) is 100.0 Å². The molecule has 35 heavy (non-hydrogen) atoms. The van der Waals surface area contributed by atoms with E-state index < -0.39 is 23.4 Å². The molecular formula is C25H21N5O5. The molecule has 10 heteroatoms. The van der Waals surface area contributed by atoms with Crippen LogP contribution in [0.15, 0.2) is 82.7 Å². The molecule has 4 rings (SSSR count). The molecule has 3 aromatic carbocycles. The van der Waals surface area contributed by atoms with E-state index in [9.17, 15) is 19.5 Å². The molecule has 10 nitrogen and oxygen atoms in total. The number of benzene rings is 3. The SMILES string of the molecule is COc1cccc(C=NNC(=O)C(NC(=O)c2ccccc2)c2n[nH]c(=O)c3ccccc23)c1O. The van der Waals surface area contributed by atoms with Gasteiger partial charge in [0.2, 0.25) is 0 Å². The van der Waals surface area contributed by atoms with E-state index in [-0.39, 0.29) is 17.2 Å². The van der Waals surface area contributed by atoms with Gasteiger partial charge in [-0.3, -0.25) is 14.4 Å². The molecule has 1 unspecified atom stereocenters. The Bertz CT molecular complexity index is 1470. The van der Waals surface area contributed by atoms with Gasteiger partial charge in [-0.15, -0.1) is 0 Å². The number of amides is 2. The number of carbonyl (C=O) groups excluding carboxylic acids is 2. The fourth-order valence-corrected chi connectivity index (χ4v) is 3.46. The van der Waals surface area contributed by atoms with Crippen LogP contribution in [0, 0.1) is 0 Å². The van der Waals surface area contributed by atoms with Crippen molar-refractivity contribution in [2.24, 2.45) is 5.10 Å². The Kier molecular flexibility index (Phi) is 6.82. The molecule has 4 N–H and O–H groups in total. The van der Waals surface area contributed by atoms with Crippen LogP contribution in [-0.4, -0.2) is 40.4 Å². The largest absolute Gasteiger partial charge is 0.504 e. The van der Waals surface area contributed by atoms with Crippen LogP contribution in [0.2, 0.25) is 0 Å². The van der Waals surface area contributed by atoms with Gasteiger partial charge in [0.05, 0.1) is 18.7 Å². The molecule has 0 bridgehead atoms. The number of ether oxygens (including phenoxy) is 1. The highest BCUT2D eigenvalue weighted by molar-refractivity contribution is 5.99. The van der Waals surface area contributed by atoms with Crippen LogP contribution in [-0.2, 0) is 4.79 Å². The Morgan fingerprint density at radius 3 is 2.49 bits per heavy atom. The molecule has 1 aromatic heterocycles. The van der Waals surface area contributed by atoms with Crippen LogP contribution < -0.4 is 21.0 Å². The molecule has 0 fully saturated rings. The van der Waals surface area contributed by atoms with E-state index >= 15 is 0 Å². The first-order valence-electron chi connectivity index (χ1n) is 10.5. The number of hydrogen-bond donors (Lipinski definition) is 4. The Morgan fingerprint density at radius 1 is 1.03 bits per heavy atom. The number of aromatic hydroxyl groups is 1. The van der Waals surface area contributed by atoms with Crippen LogP contribution >= 0.6 is 0 Å². The summed E-state index contributed by atoms with van der Waals surface area (Å²) in [5.74, 6) is -1.12. The fourth-order valence-electron chi connectivity index (χ4n) is 3.46. The lowest BCUT2D eigenvalue weighted by molar-refractivity contribution is -0.123. The normalized spacial score (nSPS) is 11.8. The monoisotopic (exact) mass is 471 g/mol. The lowest BCUT2D eigenvalue weighted by Crippen LogP contribution is -2.40. The van der Waals surface area contributed by atoms with Crippen LogP contribution in [0.1, 0.15) is 27.7 Å². The zero-order valence-electron chi connectivity index (χ0n) is 18.6. The van der Waals surface area contributed by atoms with Gasteiger partial charge in [-0.25, -0.2) is 10.5 Å². The van der Waals surface area contributed by atoms with Crippen molar-refractivity contribution in [3.63, 3.8) is 0 Å². The minimum atomic E-state index is -1.29. The predicted octanol–water partition coefficient (Wildman–Crippen LogP) is 2.26. The van der Waals surface area contributed by atoms with Gasteiger partial charge in [0.15, 0.2) is 17.5 Å². The number of nitrogens with one attached hydrogen (secondary N) is 3. The quantitative estimate of drug-likeness (QED) is 0.240. The van der Waals surface area contributed by atoms with Gasteiger partial charge < -0.3 is 15.2 Å². The number of nitrogens with zero attached hydrogens (tertiary/aromatic N) is 2. The average molecular weight is 471 g/mol. The van der Waals surface area contributed by atoms with E-state index in [0.717, 1.165) is 0 Å². The third-order valence-electron chi connectivity index (χ3n) is 5.20. The Labute approximate surface area is 199 Å². The maximum Gasteiger partial charge on any atom is 0.272 e. The number of hydrazone groups is 1. The Balaban J connectivity index is 1.67. The number of aromatic amines is 1. The molecule has 176 valence electrons. The fraction of sp³-hybridized carbons (Fsp3) is 0.0800. The van der Waals surface area contributed by atoms with Crippen molar-refractivity contribution in [2.75, 3.05) is 7.11 Å². The van der Waals surface area contributed by atoms with E-state index in [2.05, 4.69) is 26.0 Å². The van der Waals surface area contributed by atoms with Crippen LogP contribution in [0.4, 0.5) is 0 Å². The number of hydrogen-bond acceptors (Lipinski definition) is 7. The minimum Gasteiger partial charge on any atom is -0.504 e. The zero-order chi connectivity index (χ0) is 24.8. The maximum atomic E-state index is 13.2. The van der Waals surface area contributed by atoms with Crippen molar-refractivity contribution < 1.29 is 19.4 Å². The number of rotatable bonds is 7. The summed E-state index contributed by atoms with van der Waals surface area (Å²) in [5.41, 5.74) is 2.72. The molecule has 1 atom stereocenters. The van der Waals surface area contributed by atoms with Crippen molar-refractivity contribution in [1.29, 1.82) is 0 Å². The van der Waals surface area contributed by atoms with Gasteiger partial charge in [0, 0.05) is 16.5 Å². The summed E-state index contributed by atoms with van der Waals surface area (Å²) in [6.07, 6.45) is 1.24. The number of H-pyrrole nitrogens is 1. The summed E-state index contributed by atoms with van der Waals surface area (Å²) >= 11 is 0. The molecule has 0 aliphatic rings. The lowest BCUT2D eigenvalue weighted by Gasteiger charge is -2.18. The second-order valence-corrected chi connectivity index (χ2v) is 7.39.